The third kappa shape index (κ3) is 3.23. The maximum atomic E-state index is 12.5. The molecular weight excluding hydrogens is 336 g/mol. The van der Waals surface area contributed by atoms with Gasteiger partial charge in [-0.3, -0.25) is 9.59 Å². The second kappa shape index (κ2) is 7.26. The summed E-state index contributed by atoms with van der Waals surface area (Å²) in [5.41, 5.74) is 1.02. The van der Waals surface area contributed by atoms with Crippen LogP contribution in [0, 0.1) is 0 Å². The molecular formula is C19H18N2O5. The number of hydrogen-bond acceptors (Lipinski definition) is 6. The predicted molar refractivity (Wildman–Crippen MR) is 96.5 cm³/mol. The number of aromatic nitrogens is 2. The van der Waals surface area contributed by atoms with E-state index in [0.717, 1.165) is 0 Å². The lowest BCUT2D eigenvalue weighted by Gasteiger charge is -2.10. The lowest BCUT2D eigenvalue weighted by molar-refractivity contribution is 0.0991. The summed E-state index contributed by atoms with van der Waals surface area (Å²) in [6.45, 7) is 0. The number of nitrogens with one attached hydrogen (secondary N) is 1. The molecule has 0 unspecified atom stereocenters. The minimum atomic E-state index is -0.439. The summed E-state index contributed by atoms with van der Waals surface area (Å²) in [4.78, 5) is 32.0. The smallest absolute Gasteiger partial charge is 0.270 e. The molecule has 0 radical (unpaired) electrons. The molecule has 26 heavy (non-hydrogen) atoms. The molecule has 1 N–H and O–H groups in total. The molecule has 0 atom stereocenters. The highest BCUT2D eigenvalue weighted by Crippen LogP contribution is 2.29. The molecule has 0 aliphatic rings. The fourth-order valence-corrected chi connectivity index (χ4v) is 2.64. The first-order chi connectivity index (χ1) is 12.6. The van der Waals surface area contributed by atoms with E-state index in [2.05, 4.69) is 9.97 Å². The predicted octanol–water partition coefficient (Wildman–Crippen LogP) is 2.37. The summed E-state index contributed by atoms with van der Waals surface area (Å²) >= 11 is 0. The Kier molecular flexibility index (Phi) is 4.88. The van der Waals surface area contributed by atoms with Crippen LogP contribution in [-0.2, 0) is 6.42 Å². The lowest BCUT2D eigenvalue weighted by Crippen LogP contribution is -2.19. The number of carbonyl (C=O) groups is 1. The largest absolute Gasteiger partial charge is 0.497 e. The zero-order valence-electron chi connectivity index (χ0n) is 14.7. The Morgan fingerprint density at radius 3 is 2.23 bits per heavy atom. The summed E-state index contributed by atoms with van der Waals surface area (Å²) in [5, 5.41) is 0. The first-order valence-electron chi connectivity index (χ1n) is 7.88. The highest BCUT2D eigenvalue weighted by molar-refractivity contribution is 5.97. The van der Waals surface area contributed by atoms with Gasteiger partial charge in [-0.1, -0.05) is 0 Å². The van der Waals surface area contributed by atoms with Gasteiger partial charge in [0.05, 0.1) is 27.8 Å². The third-order valence-corrected chi connectivity index (χ3v) is 4.03. The maximum absolute atomic E-state index is 12.5. The van der Waals surface area contributed by atoms with Gasteiger partial charge in [0.25, 0.3) is 5.56 Å². The number of carbonyl (C=O) groups excluding carboxylic acids is 1. The number of aromatic amines is 1. The molecule has 1 aromatic heterocycles. The molecule has 134 valence electrons. The highest BCUT2D eigenvalue weighted by atomic mass is 16.5. The van der Waals surface area contributed by atoms with E-state index in [-0.39, 0.29) is 17.9 Å². The van der Waals surface area contributed by atoms with Crippen LogP contribution in [0.1, 0.15) is 16.1 Å². The summed E-state index contributed by atoms with van der Waals surface area (Å²) in [6, 6.07) is 10.1. The van der Waals surface area contributed by atoms with Crippen molar-refractivity contribution in [2.24, 2.45) is 0 Å². The Morgan fingerprint density at radius 2 is 1.62 bits per heavy atom. The Morgan fingerprint density at radius 1 is 0.962 bits per heavy atom. The van der Waals surface area contributed by atoms with Crippen molar-refractivity contribution in [1.82, 2.24) is 9.97 Å². The minimum absolute atomic E-state index is 0.116. The van der Waals surface area contributed by atoms with E-state index in [4.69, 9.17) is 14.2 Å². The highest BCUT2D eigenvalue weighted by Gasteiger charge is 2.16. The van der Waals surface area contributed by atoms with Gasteiger partial charge in [0, 0.05) is 5.56 Å². The number of rotatable bonds is 6. The van der Waals surface area contributed by atoms with Crippen molar-refractivity contribution >= 4 is 16.8 Å². The van der Waals surface area contributed by atoms with Crippen molar-refractivity contribution < 1.29 is 19.0 Å². The van der Waals surface area contributed by atoms with Crippen molar-refractivity contribution in [1.29, 1.82) is 0 Å². The van der Waals surface area contributed by atoms with Crippen LogP contribution in [0.3, 0.4) is 0 Å². The lowest BCUT2D eigenvalue weighted by atomic mass is 10.1. The standard InChI is InChI=1S/C19H18N2O5/c1-24-12-6-4-11(5-7-12)14(22)10-13-19(23)21-18-16(26-3)9-8-15(25-2)17(18)20-13/h4-9H,10H2,1-3H3,(H,21,23). The number of H-pyrrole nitrogens is 1. The van der Waals surface area contributed by atoms with E-state index in [1.807, 2.05) is 0 Å². The van der Waals surface area contributed by atoms with Gasteiger partial charge in [0.15, 0.2) is 5.78 Å². The number of nitrogens with zero attached hydrogens (tertiary/aromatic N) is 1. The molecule has 0 bridgehead atoms. The summed E-state index contributed by atoms with van der Waals surface area (Å²) in [5.74, 6) is 1.39. The summed E-state index contributed by atoms with van der Waals surface area (Å²) < 4.78 is 15.6. The van der Waals surface area contributed by atoms with Crippen molar-refractivity contribution in [3.05, 3.63) is 58.0 Å². The van der Waals surface area contributed by atoms with Crippen LogP contribution in [0.5, 0.6) is 17.2 Å². The Bertz CT molecular complexity index is 1010. The molecule has 3 aromatic rings. The Balaban J connectivity index is 2.00. The average Bonchev–Trinajstić information content (AvgIpc) is 2.67. The quantitative estimate of drug-likeness (QED) is 0.684. The zero-order valence-corrected chi connectivity index (χ0v) is 14.7. The number of ether oxygens (including phenoxy) is 3. The van der Waals surface area contributed by atoms with Gasteiger partial charge in [-0.2, -0.15) is 0 Å². The van der Waals surface area contributed by atoms with Crippen LogP contribution >= 0.6 is 0 Å². The molecule has 0 spiro atoms. The minimum Gasteiger partial charge on any atom is -0.497 e. The number of hydrogen-bond donors (Lipinski definition) is 1. The number of ketones is 1. The molecule has 7 nitrogen and oxygen atoms in total. The van der Waals surface area contributed by atoms with Gasteiger partial charge >= 0.3 is 0 Å². The third-order valence-electron chi connectivity index (χ3n) is 4.03. The Labute approximate surface area is 149 Å². The summed E-state index contributed by atoms with van der Waals surface area (Å²) in [6.07, 6.45) is -0.127. The maximum Gasteiger partial charge on any atom is 0.270 e. The van der Waals surface area contributed by atoms with Gasteiger partial charge in [0.2, 0.25) is 0 Å². The molecule has 3 rings (SSSR count). The monoisotopic (exact) mass is 354 g/mol. The van der Waals surface area contributed by atoms with Gasteiger partial charge < -0.3 is 19.2 Å². The number of benzene rings is 2. The number of fused-ring (bicyclic) bond motifs is 1. The SMILES string of the molecule is COc1ccc(C(=O)Cc2nc3c(OC)ccc(OC)c3[nH]c2=O)cc1. The topological polar surface area (TPSA) is 90.5 Å². The van der Waals surface area contributed by atoms with E-state index in [9.17, 15) is 9.59 Å². The first kappa shape index (κ1) is 17.5. The van der Waals surface area contributed by atoms with Crippen LogP contribution in [0.25, 0.3) is 11.0 Å². The van der Waals surface area contributed by atoms with E-state index in [0.29, 0.717) is 33.8 Å². The van der Waals surface area contributed by atoms with Crippen molar-refractivity contribution in [3.8, 4) is 17.2 Å². The second-order valence-corrected chi connectivity index (χ2v) is 5.53. The number of methoxy groups -OCH3 is 3. The van der Waals surface area contributed by atoms with Gasteiger partial charge in [0.1, 0.15) is 34.0 Å². The molecule has 0 amide bonds. The molecule has 0 fully saturated rings. The van der Waals surface area contributed by atoms with Crippen LogP contribution < -0.4 is 19.8 Å². The average molecular weight is 354 g/mol. The molecule has 2 aromatic carbocycles. The van der Waals surface area contributed by atoms with Crippen LogP contribution in [0.4, 0.5) is 0 Å². The van der Waals surface area contributed by atoms with Gasteiger partial charge in [-0.05, 0) is 36.4 Å². The molecule has 0 aliphatic carbocycles. The summed E-state index contributed by atoms with van der Waals surface area (Å²) in [7, 11) is 4.56. The van der Waals surface area contributed by atoms with E-state index < -0.39 is 5.56 Å². The van der Waals surface area contributed by atoms with Crippen LogP contribution in [0.2, 0.25) is 0 Å². The Hall–Kier alpha value is -3.35. The van der Waals surface area contributed by atoms with E-state index in [1.165, 1.54) is 14.2 Å². The van der Waals surface area contributed by atoms with E-state index in [1.54, 1.807) is 43.5 Å². The fraction of sp³-hybridized carbons (Fsp3) is 0.211. The molecule has 1 heterocycles. The van der Waals surface area contributed by atoms with Crippen LogP contribution in [0.15, 0.2) is 41.2 Å². The van der Waals surface area contributed by atoms with Crippen molar-refractivity contribution in [2.75, 3.05) is 21.3 Å². The first-order valence-corrected chi connectivity index (χ1v) is 7.88. The van der Waals surface area contributed by atoms with E-state index >= 15 is 0 Å². The normalized spacial score (nSPS) is 10.6. The molecule has 0 aliphatic heterocycles. The van der Waals surface area contributed by atoms with Crippen molar-refractivity contribution in [3.63, 3.8) is 0 Å². The van der Waals surface area contributed by atoms with Crippen LogP contribution in [-0.4, -0.2) is 37.1 Å². The zero-order chi connectivity index (χ0) is 18.7. The molecule has 0 saturated carbocycles. The second-order valence-electron chi connectivity index (χ2n) is 5.53. The molecule has 0 saturated heterocycles. The van der Waals surface area contributed by atoms with Gasteiger partial charge in [-0.15, -0.1) is 0 Å². The number of Topliss-reactive ketones (excluding diaryl/α,β-unsaturated/α-hetero) is 1. The molecule has 7 heteroatoms. The van der Waals surface area contributed by atoms with Crippen molar-refractivity contribution in [2.45, 2.75) is 6.42 Å². The van der Waals surface area contributed by atoms with Gasteiger partial charge in [-0.25, -0.2) is 4.98 Å². The fourth-order valence-electron chi connectivity index (χ4n) is 2.64.